The third-order valence-electron chi connectivity index (χ3n) is 5.55. The number of halogens is 2. The predicted molar refractivity (Wildman–Crippen MR) is 97.6 cm³/mol. The van der Waals surface area contributed by atoms with Gasteiger partial charge in [-0.25, -0.2) is 9.37 Å². The minimum Gasteiger partial charge on any atom is -0.225 e. The normalized spacial score (nSPS) is 20.6. The van der Waals surface area contributed by atoms with Gasteiger partial charge in [0.25, 0.3) is 0 Å². The van der Waals surface area contributed by atoms with Crippen LogP contribution in [0.3, 0.4) is 0 Å². The van der Waals surface area contributed by atoms with Crippen molar-refractivity contribution in [2.45, 2.75) is 64.2 Å². The van der Waals surface area contributed by atoms with E-state index in [1.807, 2.05) is 0 Å². The molecule has 0 N–H and O–H groups in total. The monoisotopic (exact) mass is 343 g/mol. The Bertz CT molecular complexity index is 673. The summed E-state index contributed by atoms with van der Waals surface area (Å²) in [6, 6.07) is 10.1. The first-order valence-corrected chi connectivity index (χ1v) is 9.54. The average molecular weight is 343 g/mol. The molecule has 3 heteroatoms. The van der Waals surface area contributed by atoms with Gasteiger partial charge in [0.15, 0.2) is 5.82 Å². The molecule has 1 fully saturated rings. The lowest BCUT2D eigenvalue weighted by atomic mass is 9.77. The second-order valence-electron chi connectivity index (χ2n) is 7.36. The summed E-state index contributed by atoms with van der Waals surface area (Å²) in [6.45, 7) is 2.28. The van der Waals surface area contributed by atoms with Crippen molar-refractivity contribution in [2.24, 2.45) is 5.92 Å². The van der Waals surface area contributed by atoms with Gasteiger partial charge >= 0.3 is 0 Å². The van der Waals surface area contributed by atoms with E-state index in [1.54, 1.807) is 0 Å². The zero-order valence-electron chi connectivity index (χ0n) is 15.0. The van der Waals surface area contributed by atoms with Crippen LogP contribution in [0, 0.1) is 17.7 Å². The molecule has 1 nitrogen and oxygen atoms in total. The lowest BCUT2D eigenvalue weighted by Gasteiger charge is -2.28. The molecule has 0 aliphatic heterocycles. The Hall–Kier alpha value is -1.77. The smallest absolute Gasteiger partial charge is 0.225 e. The molecule has 0 amide bonds. The molecule has 0 bridgehead atoms. The van der Waals surface area contributed by atoms with Crippen molar-refractivity contribution in [3.63, 3.8) is 0 Å². The van der Waals surface area contributed by atoms with Crippen molar-refractivity contribution < 1.29 is 8.78 Å². The van der Waals surface area contributed by atoms with Gasteiger partial charge in [0, 0.05) is 6.20 Å². The highest BCUT2D eigenvalue weighted by atomic mass is 19.2. The molecule has 1 heterocycles. The number of aryl methyl sites for hydroxylation is 2. The Balaban J connectivity index is 1.53. The summed E-state index contributed by atoms with van der Waals surface area (Å²) in [5.74, 6) is -0.254. The van der Waals surface area contributed by atoms with E-state index in [0.717, 1.165) is 17.9 Å². The largest absolute Gasteiger partial charge is 0.248 e. The highest BCUT2D eigenvalue weighted by molar-refractivity contribution is 5.27. The Labute approximate surface area is 149 Å². The van der Waals surface area contributed by atoms with E-state index in [1.165, 1.54) is 61.9 Å². The fraction of sp³-hybridized carbons (Fsp3) is 0.500. The number of hydrogen-bond acceptors (Lipinski definition) is 1. The average Bonchev–Trinajstić information content (AvgIpc) is 2.64. The van der Waals surface area contributed by atoms with E-state index in [2.05, 4.69) is 36.2 Å². The van der Waals surface area contributed by atoms with E-state index in [0.29, 0.717) is 12.3 Å². The first-order valence-electron chi connectivity index (χ1n) is 9.54. The predicted octanol–water partition coefficient (Wildman–Crippen LogP) is 6.22. The number of aromatic nitrogens is 1. The fourth-order valence-corrected chi connectivity index (χ4v) is 4.04. The molecule has 1 aliphatic rings. The van der Waals surface area contributed by atoms with Crippen LogP contribution in [0.15, 0.2) is 36.5 Å². The van der Waals surface area contributed by atoms with Crippen LogP contribution in [0.25, 0.3) is 0 Å². The second kappa shape index (κ2) is 8.55. The molecule has 1 aromatic heterocycles. The lowest BCUT2D eigenvalue weighted by Crippen LogP contribution is -2.13. The van der Waals surface area contributed by atoms with Gasteiger partial charge in [-0.3, -0.25) is 0 Å². The van der Waals surface area contributed by atoms with E-state index in [-0.39, 0.29) is 0 Å². The Kier molecular flexibility index (Phi) is 6.17. The summed E-state index contributed by atoms with van der Waals surface area (Å²) in [6.07, 6.45) is 10.9. The highest BCUT2D eigenvalue weighted by Gasteiger charge is 2.21. The van der Waals surface area contributed by atoms with Crippen LogP contribution in [0.2, 0.25) is 0 Å². The third kappa shape index (κ3) is 4.87. The maximum absolute atomic E-state index is 13.2. The summed E-state index contributed by atoms with van der Waals surface area (Å²) < 4.78 is 26.1. The van der Waals surface area contributed by atoms with Crippen molar-refractivity contribution >= 4 is 0 Å². The van der Waals surface area contributed by atoms with Crippen LogP contribution >= 0.6 is 0 Å². The summed E-state index contributed by atoms with van der Waals surface area (Å²) >= 11 is 0. The summed E-state index contributed by atoms with van der Waals surface area (Å²) in [5, 5.41) is 0. The Morgan fingerprint density at radius 2 is 1.64 bits per heavy atom. The van der Waals surface area contributed by atoms with E-state index >= 15 is 0 Å². The van der Waals surface area contributed by atoms with Crippen LogP contribution in [0.5, 0.6) is 0 Å². The first kappa shape index (κ1) is 18.0. The Morgan fingerprint density at radius 3 is 2.28 bits per heavy atom. The van der Waals surface area contributed by atoms with Crippen LogP contribution in [-0.4, -0.2) is 4.98 Å². The van der Waals surface area contributed by atoms with Crippen LogP contribution in [0.1, 0.15) is 68.1 Å². The number of nitrogens with zero attached hydrogens (tertiary/aromatic N) is 1. The number of benzene rings is 1. The van der Waals surface area contributed by atoms with E-state index < -0.39 is 11.8 Å². The third-order valence-corrected chi connectivity index (χ3v) is 5.55. The molecule has 2 aromatic rings. The van der Waals surface area contributed by atoms with Gasteiger partial charge in [0.1, 0.15) is 0 Å². The van der Waals surface area contributed by atoms with Crippen LogP contribution < -0.4 is 0 Å². The minimum atomic E-state index is -1.03. The molecular formula is C22H27F2N. The van der Waals surface area contributed by atoms with Crippen molar-refractivity contribution in [2.75, 3.05) is 0 Å². The molecule has 0 saturated heterocycles. The van der Waals surface area contributed by atoms with E-state index in [9.17, 15) is 8.78 Å². The molecule has 134 valence electrons. The van der Waals surface area contributed by atoms with Gasteiger partial charge in [-0.15, -0.1) is 0 Å². The number of hydrogen-bond donors (Lipinski definition) is 0. The lowest BCUT2D eigenvalue weighted by molar-refractivity contribution is 0.308. The van der Waals surface area contributed by atoms with E-state index in [4.69, 9.17) is 0 Å². The summed E-state index contributed by atoms with van der Waals surface area (Å²) in [7, 11) is 0. The molecule has 0 unspecified atom stereocenters. The molecule has 0 spiro atoms. The van der Waals surface area contributed by atoms with Gasteiger partial charge in [-0.2, -0.15) is 4.39 Å². The molecule has 0 radical (unpaired) electrons. The SMILES string of the molecule is CCCC1CCC(c2ccc(CCc3cnc(F)c(F)c3)cc2)CC1. The summed E-state index contributed by atoms with van der Waals surface area (Å²) in [4.78, 5) is 3.44. The van der Waals surface area contributed by atoms with Crippen molar-refractivity contribution in [3.8, 4) is 0 Å². The molecule has 1 saturated carbocycles. The standard InChI is InChI=1S/C22H27F2N/c1-2-3-16-6-10-19(11-7-16)20-12-8-17(9-13-20)4-5-18-14-21(23)22(24)25-15-18/h8-9,12-16,19H,2-7,10-11H2,1H3. The Morgan fingerprint density at radius 1 is 0.960 bits per heavy atom. The van der Waals surface area contributed by atoms with Crippen molar-refractivity contribution in [1.29, 1.82) is 0 Å². The van der Waals surface area contributed by atoms with Gasteiger partial charge in [-0.1, -0.05) is 44.0 Å². The molecule has 3 rings (SSSR count). The maximum atomic E-state index is 13.2. The highest BCUT2D eigenvalue weighted by Crippen LogP contribution is 2.37. The van der Waals surface area contributed by atoms with Gasteiger partial charge in [0.05, 0.1) is 0 Å². The first-order chi connectivity index (χ1) is 12.2. The van der Waals surface area contributed by atoms with Crippen molar-refractivity contribution in [1.82, 2.24) is 4.98 Å². The molecule has 25 heavy (non-hydrogen) atoms. The van der Waals surface area contributed by atoms with Crippen LogP contribution in [-0.2, 0) is 12.8 Å². The zero-order valence-corrected chi connectivity index (χ0v) is 15.0. The quantitative estimate of drug-likeness (QED) is 0.567. The topological polar surface area (TPSA) is 12.9 Å². The molecule has 1 aliphatic carbocycles. The molecular weight excluding hydrogens is 316 g/mol. The van der Waals surface area contributed by atoms with Gasteiger partial charge in [-0.05, 0) is 73.1 Å². The molecule has 0 atom stereocenters. The minimum absolute atomic E-state index is 0.672. The molecule has 1 aromatic carbocycles. The number of rotatable bonds is 6. The maximum Gasteiger partial charge on any atom is 0.248 e. The summed E-state index contributed by atoms with van der Waals surface area (Å²) in [5.41, 5.74) is 3.42. The fourth-order valence-electron chi connectivity index (χ4n) is 4.04. The van der Waals surface area contributed by atoms with Crippen molar-refractivity contribution in [3.05, 3.63) is 65.0 Å². The number of pyridine rings is 1. The van der Waals surface area contributed by atoms with Gasteiger partial charge in [0.2, 0.25) is 5.95 Å². The van der Waals surface area contributed by atoms with Gasteiger partial charge < -0.3 is 0 Å². The second-order valence-corrected chi connectivity index (χ2v) is 7.36. The zero-order chi connectivity index (χ0) is 17.6. The van der Waals surface area contributed by atoms with Crippen LogP contribution in [0.4, 0.5) is 8.78 Å².